The van der Waals surface area contributed by atoms with Gasteiger partial charge in [0.15, 0.2) is 0 Å². The van der Waals surface area contributed by atoms with E-state index in [1.54, 1.807) is 13.8 Å². The van der Waals surface area contributed by atoms with Crippen molar-refractivity contribution in [1.29, 1.82) is 0 Å². The van der Waals surface area contributed by atoms with Gasteiger partial charge in [0.05, 0.1) is 0 Å². The summed E-state index contributed by atoms with van der Waals surface area (Å²) < 4.78 is 0. The maximum Gasteiger partial charge on any atom is 0.321 e. The van der Waals surface area contributed by atoms with Crippen LogP contribution in [0.5, 0.6) is 0 Å². The summed E-state index contributed by atoms with van der Waals surface area (Å²) in [5, 5.41) is 7.96. The Morgan fingerprint density at radius 2 is 2.00 bits per heavy atom. The number of urea groups is 1. The molecule has 1 aliphatic carbocycles. The molecule has 0 saturated heterocycles. The summed E-state index contributed by atoms with van der Waals surface area (Å²) in [6, 6.07) is 5.27. The fraction of sp³-hybridized carbons (Fsp3) is 0.467. The van der Waals surface area contributed by atoms with Crippen molar-refractivity contribution < 1.29 is 9.59 Å². The third-order valence-corrected chi connectivity index (χ3v) is 3.45. The molecule has 0 fully saturated rings. The van der Waals surface area contributed by atoms with Gasteiger partial charge in [0, 0.05) is 12.2 Å². The van der Waals surface area contributed by atoms with Crippen molar-refractivity contribution in [2.75, 3.05) is 11.9 Å². The first-order chi connectivity index (χ1) is 9.60. The molecule has 1 atom stereocenters. The molecule has 2 rings (SSSR count). The minimum Gasteiger partial charge on any atom is -0.374 e. The van der Waals surface area contributed by atoms with E-state index in [9.17, 15) is 9.59 Å². The number of rotatable bonds is 4. The summed E-state index contributed by atoms with van der Waals surface area (Å²) in [5.41, 5.74) is 3.67. The fourth-order valence-electron chi connectivity index (χ4n) is 2.40. The predicted octanol–water partition coefficient (Wildman–Crippen LogP) is 1.82. The molecule has 1 aliphatic rings. The molecule has 1 aromatic rings. The van der Waals surface area contributed by atoms with Crippen LogP contribution in [-0.4, -0.2) is 24.5 Å². The van der Waals surface area contributed by atoms with Gasteiger partial charge in [-0.05, 0) is 56.4 Å². The lowest BCUT2D eigenvalue weighted by Crippen LogP contribution is -2.45. The first-order valence-corrected chi connectivity index (χ1v) is 7.07. The molecule has 0 aromatic heterocycles. The highest BCUT2D eigenvalue weighted by Crippen LogP contribution is 2.25. The smallest absolute Gasteiger partial charge is 0.321 e. The number of imide groups is 1. The summed E-state index contributed by atoms with van der Waals surface area (Å²) in [5.74, 6) is -0.337. The van der Waals surface area contributed by atoms with E-state index in [1.807, 2.05) is 6.07 Å². The zero-order chi connectivity index (χ0) is 14.5. The monoisotopic (exact) mass is 275 g/mol. The minimum absolute atomic E-state index is 0.337. The van der Waals surface area contributed by atoms with Crippen LogP contribution in [0.2, 0.25) is 0 Å². The zero-order valence-electron chi connectivity index (χ0n) is 12.0. The van der Waals surface area contributed by atoms with Crippen LogP contribution in [0.3, 0.4) is 0 Å². The molecule has 0 saturated carbocycles. The Kier molecular flexibility index (Phi) is 4.61. The van der Waals surface area contributed by atoms with Crippen LogP contribution in [-0.2, 0) is 17.6 Å². The molecule has 5 nitrogen and oxygen atoms in total. The van der Waals surface area contributed by atoms with Crippen LogP contribution >= 0.6 is 0 Å². The SMILES string of the molecule is CCNC(=O)NC(=O)[C@@H](C)Nc1ccc2c(c1)CCC2. The van der Waals surface area contributed by atoms with Crippen molar-refractivity contribution in [3.05, 3.63) is 29.3 Å². The summed E-state index contributed by atoms with van der Waals surface area (Å²) >= 11 is 0. The van der Waals surface area contributed by atoms with Crippen LogP contribution in [0.1, 0.15) is 31.4 Å². The summed E-state index contributed by atoms with van der Waals surface area (Å²) in [6.45, 7) is 4.03. The molecule has 0 radical (unpaired) electrons. The van der Waals surface area contributed by atoms with E-state index >= 15 is 0 Å². The van der Waals surface area contributed by atoms with E-state index in [4.69, 9.17) is 0 Å². The Labute approximate surface area is 119 Å². The highest BCUT2D eigenvalue weighted by Gasteiger charge is 2.16. The van der Waals surface area contributed by atoms with E-state index in [1.165, 1.54) is 17.5 Å². The van der Waals surface area contributed by atoms with Gasteiger partial charge in [-0.1, -0.05) is 6.07 Å². The average molecular weight is 275 g/mol. The van der Waals surface area contributed by atoms with E-state index in [0.29, 0.717) is 6.54 Å². The second-order valence-corrected chi connectivity index (χ2v) is 5.05. The number of anilines is 1. The van der Waals surface area contributed by atoms with E-state index in [-0.39, 0.29) is 5.91 Å². The number of hydrogen-bond donors (Lipinski definition) is 3. The Hall–Kier alpha value is -2.04. The Bertz CT molecular complexity index is 514. The summed E-state index contributed by atoms with van der Waals surface area (Å²) in [4.78, 5) is 23.1. The van der Waals surface area contributed by atoms with Gasteiger partial charge in [-0.15, -0.1) is 0 Å². The van der Waals surface area contributed by atoms with Crippen molar-refractivity contribution in [2.45, 2.75) is 39.2 Å². The van der Waals surface area contributed by atoms with Gasteiger partial charge in [0.1, 0.15) is 6.04 Å². The lowest BCUT2D eigenvalue weighted by atomic mass is 10.1. The molecule has 0 spiro atoms. The Balaban J connectivity index is 1.92. The van der Waals surface area contributed by atoms with Gasteiger partial charge in [0.25, 0.3) is 0 Å². The molecule has 0 aliphatic heterocycles. The fourth-order valence-corrected chi connectivity index (χ4v) is 2.40. The minimum atomic E-state index is -0.461. The highest BCUT2D eigenvalue weighted by molar-refractivity contribution is 5.97. The molecule has 0 heterocycles. The molecular formula is C15H21N3O2. The lowest BCUT2D eigenvalue weighted by Gasteiger charge is -2.15. The number of amides is 3. The van der Waals surface area contributed by atoms with Crippen LogP contribution in [0.25, 0.3) is 0 Å². The van der Waals surface area contributed by atoms with E-state index in [0.717, 1.165) is 18.5 Å². The molecule has 20 heavy (non-hydrogen) atoms. The van der Waals surface area contributed by atoms with Crippen molar-refractivity contribution in [3.8, 4) is 0 Å². The maximum atomic E-state index is 11.8. The lowest BCUT2D eigenvalue weighted by molar-refractivity contribution is -0.120. The predicted molar refractivity (Wildman–Crippen MR) is 78.8 cm³/mol. The molecule has 108 valence electrons. The second kappa shape index (κ2) is 6.41. The number of aryl methyl sites for hydroxylation is 2. The number of carbonyl (C=O) groups is 2. The van der Waals surface area contributed by atoms with Gasteiger partial charge < -0.3 is 10.6 Å². The largest absolute Gasteiger partial charge is 0.374 e. The normalized spacial score (nSPS) is 14.3. The number of carbonyl (C=O) groups excluding carboxylic acids is 2. The van der Waals surface area contributed by atoms with Crippen LogP contribution in [0.15, 0.2) is 18.2 Å². The molecule has 3 N–H and O–H groups in total. The van der Waals surface area contributed by atoms with Gasteiger partial charge in [-0.2, -0.15) is 0 Å². The number of nitrogens with one attached hydrogen (secondary N) is 3. The van der Waals surface area contributed by atoms with Crippen LogP contribution < -0.4 is 16.0 Å². The molecule has 1 aromatic carbocycles. The van der Waals surface area contributed by atoms with Gasteiger partial charge >= 0.3 is 6.03 Å². The van der Waals surface area contributed by atoms with Gasteiger partial charge in [-0.3, -0.25) is 10.1 Å². The van der Waals surface area contributed by atoms with Crippen LogP contribution in [0.4, 0.5) is 10.5 Å². The van der Waals surface area contributed by atoms with Crippen LogP contribution in [0, 0.1) is 0 Å². The molecule has 3 amide bonds. The standard InChI is InChI=1S/C15H21N3O2/c1-3-16-15(20)18-14(19)10(2)17-13-8-7-11-5-4-6-12(11)9-13/h7-10,17H,3-6H2,1-2H3,(H2,16,18,19,20)/t10-/m1/s1. The quantitative estimate of drug-likeness (QED) is 0.785. The average Bonchev–Trinajstić information content (AvgIpc) is 2.86. The number of hydrogen-bond acceptors (Lipinski definition) is 3. The molecule has 0 unspecified atom stereocenters. The van der Waals surface area contributed by atoms with Crippen molar-refractivity contribution >= 4 is 17.6 Å². The first-order valence-electron chi connectivity index (χ1n) is 7.07. The third-order valence-electron chi connectivity index (χ3n) is 3.45. The number of benzene rings is 1. The zero-order valence-corrected chi connectivity index (χ0v) is 12.0. The number of fused-ring (bicyclic) bond motifs is 1. The Morgan fingerprint density at radius 3 is 2.75 bits per heavy atom. The molecular weight excluding hydrogens is 254 g/mol. The van der Waals surface area contributed by atoms with Gasteiger partial charge in [0.2, 0.25) is 5.91 Å². The Morgan fingerprint density at radius 1 is 1.25 bits per heavy atom. The van der Waals surface area contributed by atoms with Crippen molar-refractivity contribution in [1.82, 2.24) is 10.6 Å². The third kappa shape index (κ3) is 3.50. The summed E-state index contributed by atoms with van der Waals surface area (Å²) in [7, 11) is 0. The highest BCUT2D eigenvalue weighted by atomic mass is 16.2. The molecule has 0 bridgehead atoms. The van der Waals surface area contributed by atoms with Gasteiger partial charge in [-0.25, -0.2) is 4.79 Å². The van der Waals surface area contributed by atoms with E-state index in [2.05, 4.69) is 28.1 Å². The topological polar surface area (TPSA) is 70.2 Å². The summed E-state index contributed by atoms with van der Waals surface area (Å²) in [6.07, 6.45) is 3.44. The van der Waals surface area contributed by atoms with Crippen molar-refractivity contribution in [2.24, 2.45) is 0 Å². The van der Waals surface area contributed by atoms with Crippen molar-refractivity contribution in [3.63, 3.8) is 0 Å². The molecule has 5 heteroatoms. The maximum absolute atomic E-state index is 11.8. The second-order valence-electron chi connectivity index (χ2n) is 5.05. The van der Waals surface area contributed by atoms with E-state index < -0.39 is 12.1 Å². The first kappa shape index (κ1) is 14.4.